The number of para-hydroxylation sites is 1. The normalized spacial score (nSPS) is 15.3. The molecule has 1 N–H and O–H groups in total. The molecule has 162 valence electrons. The van der Waals surface area contributed by atoms with E-state index in [9.17, 15) is 4.79 Å². The highest BCUT2D eigenvalue weighted by atomic mass is 32.1. The molecule has 1 aliphatic heterocycles. The van der Waals surface area contributed by atoms with E-state index in [1.807, 2.05) is 55.6 Å². The lowest BCUT2D eigenvalue weighted by atomic mass is 9.87. The van der Waals surface area contributed by atoms with E-state index in [2.05, 4.69) is 22.0 Å². The van der Waals surface area contributed by atoms with E-state index >= 15 is 0 Å². The lowest BCUT2D eigenvalue weighted by Crippen LogP contribution is -2.24. The summed E-state index contributed by atoms with van der Waals surface area (Å²) < 4.78 is 14.3. The van der Waals surface area contributed by atoms with Crippen molar-refractivity contribution in [2.24, 2.45) is 0 Å². The molecule has 0 bridgehead atoms. The Morgan fingerprint density at radius 3 is 2.94 bits per heavy atom. The number of carbonyl (C=O) groups is 1. The van der Waals surface area contributed by atoms with Crippen molar-refractivity contribution in [3.05, 3.63) is 72.4 Å². The number of nitrogens with zero attached hydrogens (tertiary/aromatic N) is 3. The molecule has 0 spiro atoms. The zero-order chi connectivity index (χ0) is 22.1. The monoisotopic (exact) mass is 446 g/mol. The fourth-order valence-corrected chi connectivity index (χ4v) is 4.82. The number of thiazole rings is 1. The first-order valence-corrected chi connectivity index (χ1v) is 11.2. The van der Waals surface area contributed by atoms with Crippen LogP contribution in [0, 0.1) is 0 Å². The molecule has 0 saturated carbocycles. The van der Waals surface area contributed by atoms with Crippen LogP contribution in [0.2, 0.25) is 0 Å². The Balaban J connectivity index is 1.55. The Kier molecular flexibility index (Phi) is 5.36. The van der Waals surface area contributed by atoms with Crippen LogP contribution in [-0.2, 0) is 4.79 Å². The molecule has 32 heavy (non-hydrogen) atoms. The molecule has 1 amide bonds. The summed E-state index contributed by atoms with van der Waals surface area (Å²) in [5.41, 5.74) is 2.83. The molecule has 5 rings (SSSR count). The van der Waals surface area contributed by atoms with E-state index in [1.54, 1.807) is 10.8 Å². The van der Waals surface area contributed by atoms with Crippen molar-refractivity contribution < 1.29 is 14.3 Å². The van der Waals surface area contributed by atoms with Crippen LogP contribution in [0.15, 0.2) is 61.3 Å². The van der Waals surface area contributed by atoms with Crippen molar-refractivity contribution >= 4 is 33.3 Å². The summed E-state index contributed by atoms with van der Waals surface area (Å²) in [4.78, 5) is 17.3. The number of nitrogens with one attached hydrogen (secondary N) is 1. The molecule has 0 aliphatic carbocycles. The Bertz CT molecular complexity index is 1280. The van der Waals surface area contributed by atoms with Gasteiger partial charge in [-0.15, -0.1) is 0 Å². The molecule has 2 aromatic carbocycles. The van der Waals surface area contributed by atoms with E-state index in [0.717, 1.165) is 26.5 Å². The zero-order valence-corrected chi connectivity index (χ0v) is 18.4. The first kappa shape index (κ1) is 20.3. The highest BCUT2D eigenvalue weighted by Gasteiger charge is 2.31. The van der Waals surface area contributed by atoms with Gasteiger partial charge in [-0.1, -0.05) is 42.2 Å². The van der Waals surface area contributed by atoms with Crippen LogP contribution in [0.1, 0.15) is 30.4 Å². The molecule has 0 saturated heterocycles. The summed E-state index contributed by atoms with van der Waals surface area (Å²) >= 11 is 1.54. The summed E-state index contributed by atoms with van der Waals surface area (Å²) in [6.07, 6.45) is 3.84. The van der Waals surface area contributed by atoms with Gasteiger partial charge in [-0.25, -0.2) is 4.98 Å². The van der Waals surface area contributed by atoms with Gasteiger partial charge in [-0.05, 0) is 36.8 Å². The minimum Gasteiger partial charge on any atom is -0.490 e. The maximum absolute atomic E-state index is 12.6. The lowest BCUT2D eigenvalue weighted by molar-refractivity contribution is -0.116. The topological polar surface area (TPSA) is 78.3 Å². The van der Waals surface area contributed by atoms with Gasteiger partial charge < -0.3 is 14.8 Å². The number of rotatable bonds is 7. The van der Waals surface area contributed by atoms with Gasteiger partial charge in [0.15, 0.2) is 11.5 Å². The number of hydrogen-bond acceptors (Lipinski definition) is 6. The summed E-state index contributed by atoms with van der Waals surface area (Å²) in [5, 5.41) is 8.28. The fourth-order valence-electron chi connectivity index (χ4n) is 3.89. The maximum atomic E-state index is 12.6. The van der Waals surface area contributed by atoms with Crippen molar-refractivity contribution in [1.82, 2.24) is 14.8 Å². The summed E-state index contributed by atoms with van der Waals surface area (Å²) in [5.74, 6) is 1.76. The average Bonchev–Trinajstić information content (AvgIpc) is 3.41. The molecule has 7 nitrogen and oxygen atoms in total. The Morgan fingerprint density at radius 1 is 1.25 bits per heavy atom. The molecule has 1 aliphatic rings. The largest absolute Gasteiger partial charge is 0.490 e. The third-order valence-corrected chi connectivity index (χ3v) is 6.32. The average molecular weight is 447 g/mol. The number of benzene rings is 2. The highest BCUT2D eigenvalue weighted by Crippen LogP contribution is 2.41. The fraction of sp³-hybridized carbons (Fsp3) is 0.208. The van der Waals surface area contributed by atoms with E-state index in [0.29, 0.717) is 37.0 Å². The number of fused-ring (bicyclic) bond motifs is 2. The zero-order valence-electron chi connectivity index (χ0n) is 17.6. The highest BCUT2D eigenvalue weighted by molar-refractivity contribution is 7.20. The summed E-state index contributed by atoms with van der Waals surface area (Å²) in [6, 6.07) is 13.7. The predicted octanol–water partition coefficient (Wildman–Crippen LogP) is 4.92. The van der Waals surface area contributed by atoms with Crippen molar-refractivity contribution in [1.29, 1.82) is 0 Å². The van der Waals surface area contributed by atoms with Crippen molar-refractivity contribution in [3.8, 4) is 16.6 Å². The lowest BCUT2D eigenvalue weighted by Gasteiger charge is -2.24. The molecular formula is C24H22N4O3S. The second kappa shape index (κ2) is 8.47. The Hall–Kier alpha value is -3.65. The molecular weight excluding hydrogens is 424 g/mol. The number of amides is 1. The van der Waals surface area contributed by atoms with Crippen LogP contribution < -0.4 is 14.8 Å². The number of aromatic nitrogens is 3. The van der Waals surface area contributed by atoms with Gasteiger partial charge >= 0.3 is 0 Å². The quantitative estimate of drug-likeness (QED) is 0.408. The van der Waals surface area contributed by atoms with E-state index < -0.39 is 0 Å². The van der Waals surface area contributed by atoms with Crippen LogP contribution in [-0.4, -0.2) is 33.9 Å². The first-order chi connectivity index (χ1) is 15.7. The SMILES string of the molecule is C=CCOc1ccc([C@H]2CC(=O)Nc3c2cnn3-c2nc3ccccc3s2)cc1OCC. The molecule has 2 aromatic heterocycles. The van der Waals surface area contributed by atoms with Crippen LogP contribution in [0.3, 0.4) is 0 Å². The molecule has 0 unspecified atom stereocenters. The number of ether oxygens (including phenoxy) is 2. The van der Waals surface area contributed by atoms with Crippen LogP contribution in [0.5, 0.6) is 11.5 Å². The van der Waals surface area contributed by atoms with Gasteiger partial charge in [-0.2, -0.15) is 9.78 Å². The summed E-state index contributed by atoms with van der Waals surface area (Å²) in [7, 11) is 0. The smallest absolute Gasteiger partial charge is 0.226 e. The second-order valence-electron chi connectivity index (χ2n) is 7.37. The molecule has 4 aromatic rings. The predicted molar refractivity (Wildman–Crippen MR) is 125 cm³/mol. The molecule has 3 heterocycles. The minimum absolute atomic E-state index is 0.0599. The summed E-state index contributed by atoms with van der Waals surface area (Å²) in [6.45, 7) is 6.53. The molecule has 1 atom stereocenters. The van der Waals surface area contributed by atoms with Gasteiger partial charge in [0.2, 0.25) is 11.0 Å². The number of hydrogen-bond donors (Lipinski definition) is 1. The maximum Gasteiger partial charge on any atom is 0.226 e. The van der Waals surface area contributed by atoms with Crippen LogP contribution in [0.4, 0.5) is 5.82 Å². The van der Waals surface area contributed by atoms with Gasteiger partial charge in [0.25, 0.3) is 0 Å². The molecule has 8 heteroatoms. The van der Waals surface area contributed by atoms with E-state index in [1.165, 1.54) is 11.3 Å². The number of carbonyl (C=O) groups excluding carboxylic acids is 1. The first-order valence-electron chi connectivity index (χ1n) is 10.4. The molecule has 0 radical (unpaired) electrons. The van der Waals surface area contributed by atoms with Gasteiger partial charge in [0.1, 0.15) is 12.4 Å². The van der Waals surface area contributed by atoms with Crippen molar-refractivity contribution in [2.45, 2.75) is 19.3 Å². The van der Waals surface area contributed by atoms with Gasteiger partial charge in [-0.3, -0.25) is 4.79 Å². The Morgan fingerprint density at radius 2 is 2.12 bits per heavy atom. The van der Waals surface area contributed by atoms with E-state index in [4.69, 9.17) is 9.47 Å². The third kappa shape index (κ3) is 3.62. The van der Waals surface area contributed by atoms with Gasteiger partial charge in [0.05, 0.1) is 23.0 Å². The van der Waals surface area contributed by atoms with Crippen LogP contribution in [0.25, 0.3) is 15.3 Å². The van der Waals surface area contributed by atoms with E-state index in [-0.39, 0.29) is 11.8 Å². The second-order valence-corrected chi connectivity index (χ2v) is 8.38. The molecule has 0 fully saturated rings. The third-order valence-electron chi connectivity index (χ3n) is 5.31. The number of anilines is 1. The van der Waals surface area contributed by atoms with Crippen LogP contribution >= 0.6 is 11.3 Å². The Labute approximate surface area is 189 Å². The van der Waals surface area contributed by atoms with Crippen molar-refractivity contribution in [2.75, 3.05) is 18.5 Å². The van der Waals surface area contributed by atoms with Gasteiger partial charge in [0, 0.05) is 17.9 Å². The standard InChI is InChI=1S/C24H22N4O3S/c1-3-11-31-19-10-9-15(12-20(19)30-4-2)16-13-22(29)27-23-17(16)14-25-28(23)24-26-18-7-5-6-8-21(18)32-24/h3,5-10,12,14,16H,1,4,11,13H2,2H3,(H,27,29)/t16-/m1/s1. The van der Waals surface area contributed by atoms with Crippen molar-refractivity contribution in [3.63, 3.8) is 0 Å². The minimum atomic E-state index is -0.144.